The number of nitrogens with one attached hydrogen (secondary N) is 1. The molecule has 0 aromatic carbocycles. The molecule has 3 nitrogen and oxygen atoms in total. The molecule has 0 amide bonds. The van der Waals surface area contributed by atoms with Crippen molar-refractivity contribution >= 4 is 5.97 Å². The molecule has 1 aliphatic rings. The van der Waals surface area contributed by atoms with E-state index in [9.17, 15) is 4.79 Å². The molecule has 0 radical (unpaired) electrons. The summed E-state index contributed by atoms with van der Waals surface area (Å²) in [4.78, 5) is 11.1. The Kier molecular flexibility index (Phi) is 4.03. The summed E-state index contributed by atoms with van der Waals surface area (Å²) in [6.07, 6.45) is 1.88. The molecule has 0 saturated heterocycles. The zero-order valence-electron chi connectivity index (χ0n) is 11.9. The second kappa shape index (κ2) is 4.81. The molecule has 1 saturated carbocycles. The molecule has 0 spiro atoms. The van der Waals surface area contributed by atoms with Crippen LogP contribution in [0.4, 0.5) is 0 Å². The minimum atomic E-state index is -0.251. The molecule has 0 heterocycles. The van der Waals surface area contributed by atoms with Gasteiger partial charge in [0.15, 0.2) is 0 Å². The highest BCUT2D eigenvalue weighted by atomic mass is 16.5. The first-order valence-corrected chi connectivity index (χ1v) is 6.21. The number of ether oxygens (including phenoxy) is 1. The average molecular weight is 239 g/mol. The van der Waals surface area contributed by atoms with E-state index < -0.39 is 0 Å². The van der Waals surface area contributed by atoms with E-state index in [1.807, 2.05) is 6.08 Å². The highest BCUT2D eigenvalue weighted by Crippen LogP contribution is 2.67. The Morgan fingerprint density at radius 1 is 1.29 bits per heavy atom. The van der Waals surface area contributed by atoms with Crippen LogP contribution in [-0.4, -0.2) is 26.2 Å². The molecule has 0 atom stereocenters. The van der Waals surface area contributed by atoms with E-state index in [0.717, 1.165) is 13.1 Å². The number of hydrogen-bond donors (Lipinski definition) is 1. The summed E-state index contributed by atoms with van der Waals surface area (Å²) in [5, 5.41) is 3.38. The fourth-order valence-electron chi connectivity index (χ4n) is 2.54. The largest absolute Gasteiger partial charge is 0.466 e. The molecule has 1 N–H and O–H groups in total. The molecular formula is C14H25NO2. The van der Waals surface area contributed by atoms with Crippen LogP contribution in [0.3, 0.4) is 0 Å². The van der Waals surface area contributed by atoms with Crippen LogP contribution in [0.15, 0.2) is 11.6 Å². The van der Waals surface area contributed by atoms with E-state index in [4.69, 9.17) is 0 Å². The van der Waals surface area contributed by atoms with Crippen LogP contribution in [-0.2, 0) is 9.53 Å². The van der Waals surface area contributed by atoms with Crippen molar-refractivity contribution < 1.29 is 9.53 Å². The maximum atomic E-state index is 11.1. The summed E-state index contributed by atoms with van der Waals surface area (Å²) in [6, 6.07) is 0. The van der Waals surface area contributed by atoms with Gasteiger partial charge in [0, 0.05) is 12.1 Å². The lowest BCUT2D eigenvalue weighted by atomic mass is 10.0. The van der Waals surface area contributed by atoms with Crippen LogP contribution >= 0.6 is 0 Å². The predicted octanol–water partition coefficient (Wildman–Crippen LogP) is 2.38. The predicted molar refractivity (Wildman–Crippen MR) is 69.7 cm³/mol. The number of hydrogen-bond acceptors (Lipinski definition) is 3. The van der Waals surface area contributed by atoms with Crippen LogP contribution in [0.1, 0.15) is 34.6 Å². The zero-order chi connectivity index (χ0) is 13.3. The molecule has 0 aromatic rings. The molecule has 1 rings (SSSR count). The van der Waals surface area contributed by atoms with E-state index in [2.05, 4.69) is 37.7 Å². The third kappa shape index (κ3) is 2.71. The van der Waals surface area contributed by atoms with E-state index in [1.165, 1.54) is 7.11 Å². The van der Waals surface area contributed by atoms with E-state index in [0.29, 0.717) is 22.3 Å². The maximum absolute atomic E-state index is 11.1. The Morgan fingerprint density at radius 3 is 2.24 bits per heavy atom. The number of carbonyl (C=O) groups is 1. The molecule has 0 aromatic heterocycles. The van der Waals surface area contributed by atoms with Gasteiger partial charge in [-0.15, -0.1) is 0 Å². The van der Waals surface area contributed by atoms with Gasteiger partial charge in [-0.05, 0) is 30.2 Å². The smallest absolute Gasteiger partial charge is 0.333 e. The van der Waals surface area contributed by atoms with Gasteiger partial charge in [0.1, 0.15) is 0 Å². The van der Waals surface area contributed by atoms with Crippen LogP contribution < -0.4 is 5.32 Å². The van der Waals surface area contributed by atoms with Crippen molar-refractivity contribution in [3.8, 4) is 0 Å². The van der Waals surface area contributed by atoms with Crippen molar-refractivity contribution in [2.75, 3.05) is 20.2 Å². The molecule has 1 fully saturated rings. The summed E-state index contributed by atoms with van der Waals surface area (Å²) < 4.78 is 4.63. The van der Waals surface area contributed by atoms with Crippen molar-refractivity contribution in [2.45, 2.75) is 34.6 Å². The van der Waals surface area contributed by atoms with E-state index >= 15 is 0 Å². The fourth-order valence-corrected chi connectivity index (χ4v) is 2.54. The Balaban J connectivity index is 2.29. The summed E-state index contributed by atoms with van der Waals surface area (Å²) in [5.41, 5.74) is 1.50. The summed E-state index contributed by atoms with van der Waals surface area (Å²) in [5.74, 6) is 0.459. The zero-order valence-corrected chi connectivity index (χ0v) is 11.9. The van der Waals surface area contributed by atoms with Gasteiger partial charge in [0.05, 0.1) is 7.11 Å². The lowest BCUT2D eigenvalue weighted by Gasteiger charge is -2.04. The number of esters is 1. The van der Waals surface area contributed by atoms with Gasteiger partial charge in [-0.25, -0.2) is 4.79 Å². The number of carbonyl (C=O) groups excluding carboxylic acids is 1. The SMILES string of the molecule is COC(=O)C(C)=CCNCC1C(C)(C)C1(C)C. The number of methoxy groups -OCH3 is 1. The van der Waals surface area contributed by atoms with Gasteiger partial charge < -0.3 is 10.1 Å². The lowest BCUT2D eigenvalue weighted by Crippen LogP contribution is -2.20. The molecular weight excluding hydrogens is 214 g/mol. The first-order valence-electron chi connectivity index (χ1n) is 6.21. The third-order valence-electron chi connectivity index (χ3n) is 4.73. The molecule has 17 heavy (non-hydrogen) atoms. The second-order valence-electron chi connectivity index (χ2n) is 6.03. The minimum Gasteiger partial charge on any atom is -0.466 e. The quantitative estimate of drug-likeness (QED) is 0.455. The van der Waals surface area contributed by atoms with Crippen molar-refractivity contribution in [3.05, 3.63) is 11.6 Å². The normalized spacial score (nSPS) is 22.4. The van der Waals surface area contributed by atoms with Crippen LogP contribution in [0.25, 0.3) is 0 Å². The molecule has 1 aliphatic carbocycles. The van der Waals surface area contributed by atoms with Crippen LogP contribution in [0.2, 0.25) is 0 Å². The maximum Gasteiger partial charge on any atom is 0.333 e. The van der Waals surface area contributed by atoms with Crippen molar-refractivity contribution in [1.82, 2.24) is 5.32 Å². The molecule has 0 unspecified atom stereocenters. The Bertz CT molecular complexity index is 315. The Labute approximate surface area is 105 Å². The minimum absolute atomic E-state index is 0.251. The monoisotopic (exact) mass is 239 g/mol. The first-order chi connectivity index (χ1) is 7.75. The molecule has 3 heteroatoms. The van der Waals surface area contributed by atoms with Crippen molar-refractivity contribution in [3.63, 3.8) is 0 Å². The van der Waals surface area contributed by atoms with Crippen molar-refractivity contribution in [1.29, 1.82) is 0 Å². The van der Waals surface area contributed by atoms with Crippen LogP contribution in [0, 0.1) is 16.7 Å². The summed E-state index contributed by atoms with van der Waals surface area (Å²) >= 11 is 0. The highest BCUT2D eigenvalue weighted by Gasteiger charge is 2.63. The number of rotatable bonds is 5. The van der Waals surface area contributed by atoms with Gasteiger partial charge in [-0.2, -0.15) is 0 Å². The van der Waals surface area contributed by atoms with Gasteiger partial charge in [-0.1, -0.05) is 33.8 Å². The Hall–Kier alpha value is -0.830. The average Bonchev–Trinajstić information content (AvgIpc) is 2.64. The standard InChI is InChI=1S/C14H25NO2/c1-10(12(16)17-6)7-8-15-9-11-13(2,3)14(11,4)5/h7,11,15H,8-9H2,1-6H3. The van der Waals surface area contributed by atoms with E-state index in [1.54, 1.807) is 6.92 Å². The lowest BCUT2D eigenvalue weighted by molar-refractivity contribution is -0.136. The van der Waals surface area contributed by atoms with Gasteiger partial charge in [0.25, 0.3) is 0 Å². The molecule has 0 aliphatic heterocycles. The third-order valence-corrected chi connectivity index (χ3v) is 4.73. The second-order valence-corrected chi connectivity index (χ2v) is 6.03. The Morgan fingerprint density at radius 2 is 1.82 bits per heavy atom. The van der Waals surface area contributed by atoms with Gasteiger partial charge in [0.2, 0.25) is 0 Å². The molecule has 0 bridgehead atoms. The fraction of sp³-hybridized carbons (Fsp3) is 0.786. The van der Waals surface area contributed by atoms with Gasteiger partial charge >= 0.3 is 5.97 Å². The van der Waals surface area contributed by atoms with Gasteiger partial charge in [-0.3, -0.25) is 0 Å². The van der Waals surface area contributed by atoms with Crippen molar-refractivity contribution in [2.24, 2.45) is 16.7 Å². The first kappa shape index (κ1) is 14.2. The summed E-state index contributed by atoms with van der Waals surface area (Å²) in [6.45, 7) is 12.8. The summed E-state index contributed by atoms with van der Waals surface area (Å²) in [7, 11) is 1.41. The topological polar surface area (TPSA) is 38.3 Å². The highest BCUT2D eigenvalue weighted by molar-refractivity contribution is 5.87. The van der Waals surface area contributed by atoms with E-state index in [-0.39, 0.29) is 5.97 Å². The molecule has 98 valence electrons. The van der Waals surface area contributed by atoms with Crippen LogP contribution in [0.5, 0.6) is 0 Å².